The highest BCUT2D eigenvalue weighted by molar-refractivity contribution is 5.95. The number of halogens is 2. The zero-order valence-corrected chi connectivity index (χ0v) is 21.0. The summed E-state index contributed by atoms with van der Waals surface area (Å²) in [6.45, 7) is 1.86. The molecule has 5 rings (SSSR count). The fourth-order valence-corrected chi connectivity index (χ4v) is 4.81. The van der Waals surface area contributed by atoms with Crippen LogP contribution >= 0.6 is 0 Å². The number of aromatic nitrogens is 3. The number of nitrogens with two attached hydrogens (primary N) is 1. The normalized spacial score (nSPS) is 14.1. The van der Waals surface area contributed by atoms with Gasteiger partial charge in [0.15, 0.2) is 0 Å². The van der Waals surface area contributed by atoms with E-state index in [9.17, 15) is 13.6 Å². The Balaban J connectivity index is 1.37. The third-order valence-corrected chi connectivity index (χ3v) is 6.82. The third kappa shape index (κ3) is 4.70. The van der Waals surface area contributed by atoms with Crippen LogP contribution in [-0.2, 0) is 13.6 Å². The summed E-state index contributed by atoms with van der Waals surface area (Å²) in [7, 11) is 5.08. The maximum atomic E-state index is 14.8. The first-order valence-corrected chi connectivity index (χ1v) is 12.0. The van der Waals surface area contributed by atoms with Crippen LogP contribution in [0.25, 0.3) is 27.7 Å². The number of anilines is 1. The molecule has 0 saturated carbocycles. The molecule has 190 valence electrons. The SMILES string of the molecule is CN(C)C(=O)c1cc(F)c(C2=CCN(Cc3cc4c(-c5ccc(N)nc5)ccnc4n3C)CC2)c(F)c1. The predicted octanol–water partition coefficient (Wildman–Crippen LogP) is 4.49. The molecule has 4 heterocycles. The molecule has 3 aromatic heterocycles. The fourth-order valence-electron chi connectivity index (χ4n) is 4.81. The first-order chi connectivity index (χ1) is 17.7. The molecule has 37 heavy (non-hydrogen) atoms. The van der Waals surface area contributed by atoms with Gasteiger partial charge in [-0.2, -0.15) is 0 Å². The summed E-state index contributed by atoms with van der Waals surface area (Å²) in [5.74, 6) is -1.39. The van der Waals surface area contributed by atoms with Crippen LogP contribution in [0.4, 0.5) is 14.6 Å². The summed E-state index contributed by atoms with van der Waals surface area (Å²) in [5.41, 5.74) is 10.3. The van der Waals surface area contributed by atoms with E-state index < -0.39 is 17.5 Å². The number of rotatable bonds is 5. The lowest BCUT2D eigenvalue weighted by Gasteiger charge is -2.27. The summed E-state index contributed by atoms with van der Waals surface area (Å²) in [5, 5.41) is 1.02. The number of nitrogen functional groups attached to an aromatic ring is 1. The Morgan fingerprint density at radius 2 is 1.86 bits per heavy atom. The van der Waals surface area contributed by atoms with Gasteiger partial charge in [-0.15, -0.1) is 0 Å². The number of nitrogens with zero attached hydrogens (tertiary/aromatic N) is 5. The summed E-state index contributed by atoms with van der Waals surface area (Å²) >= 11 is 0. The van der Waals surface area contributed by atoms with E-state index in [1.165, 1.54) is 4.90 Å². The van der Waals surface area contributed by atoms with E-state index in [2.05, 4.69) is 25.5 Å². The van der Waals surface area contributed by atoms with Gasteiger partial charge in [0.2, 0.25) is 0 Å². The summed E-state index contributed by atoms with van der Waals surface area (Å²) < 4.78 is 31.8. The van der Waals surface area contributed by atoms with Crippen LogP contribution in [0.15, 0.2) is 54.9 Å². The molecule has 7 nitrogen and oxygen atoms in total. The topological polar surface area (TPSA) is 80.3 Å². The molecular weight excluding hydrogens is 474 g/mol. The van der Waals surface area contributed by atoms with Gasteiger partial charge in [0.05, 0.1) is 0 Å². The van der Waals surface area contributed by atoms with Crippen LogP contribution in [0.5, 0.6) is 0 Å². The number of benzene rings is 1. The highest BCUT2D eigenvalue weighted by Gasteiger charge is 2.23. The number of aryl methyl sites for hydroxylation is 1. The van der Waals surface area contributed by atoms with Crippen LogP contribution in [0, 0.1) is 11.6 Å². The molecule has 0 saturated heterocycles. The number of carbonyl (C=O) groups is 1. The van der Waals surface area contributed by atoms with E-state index in [-0.39, 0.29) is 11.1 Å². The Labute approximate surface area is 213 Å². The van der Waals surface area contributed by atoms with Crippen molar-refractivity contribution in [2.75, 3.05) is 32.9 Å². The molecule has 1 amide bonds. The predicted molar refractivity (Wildman–Crippen MR) is 141 cm³/mol. The van der Waals surface area contributed by atoms with Crippen molar-refractivity contribution in [1.29, 1.82) is 0 Å². The van der Waals surface area contributed by atoms with Gasteiger partial charge in [0.25, 0.3) is 5.91 Å². The maximum Gasteiger partial charge on any atom is 0.253 e. The molecule has 0 bridgehead atoms. The molecule has 4 aromatic rings. The molecule has 0 atom stereocenters. The number of hydrogen-bond donors (Lipinski definition) is 1. The summed E-state index contributed by atoms with van der Waals surface area (Å²) in [6.07, 6.45) is 5.91. The van der Waals surface area contributed by atoms with Gasteiger partial charge >= 0.3 is 0 Å². The van der Waals surface area contributed by atoms with E-state index >= 15 is 0 Å². The van der Waals surface area contributed by atoms with Crippen molar-refractivity contribution in [3.05, 3.63) is 83.3 Å². The molecule has 2 N–H and O–H groups in total. The van der Waals surface area contributed by atoms with Crippen molar-refractivity contribution in [1.82, 2.24) is 24.3 Å². The Morgan fingerprint density at radius 3 is 2.49 bits per heavy atom. The molecule has 0 aliphatic carbocycles. The first-order valence-electron chi connectivity index (χ1n) is 12.0. The van der Waals surface area contributed by atoms with E-state index in [0.717, 1.165) is 40.0 Å². The largest absolute Gasteiger partial charge is 0.384 e. The van der Waals surface area contributed by atoms with Gasteiger partial charge in [-0.1, -0.05) is 6.08 Å². The van der Waals surface area contributed by atoms with Crippen molar-refractivity contribution < 1.29 is 13.6 Å². The van der Waals surface area contributed by atoms with E-state index in [1.807, 2.05) is 25.3 Å². The molecule has 1 aliphatic rings. The lowest BCUT2D eigenvalue weighted by molar-refractivity contribution is 0.0826. The van der Waals surface area contributed by atoms with Crippen LogP contribution in [-0.4, -0.2) is 57.4 Å². The van der Waals surface area contributed by atoms with E-state index in [1.54, 1.807) is 32.6 Å². The second-order valence-electron chi connectivity index (χ2n) is 9.49. The Kier molecular flexibility index (Phi) is 6.47. The molecule has 9 heteroatoms. The summed E-state index contributed by atoms with van der Waals surface area (Å²) in [4.78, 5) is 24.4. The van der Waals surface area contributed by atoms with Crippen LogP contribution in [0.2, 0.25) is 0 Å². The van der Waals surface area contributed by atoms with Crippen molar-refractivity contribution in [2.45, 2.75) is 13.0 Å². The van der Waals surface area contributed by atoms with Gasteiger partial charge in [0.1, 0.15) is 23.1 Å². The van der Waals surface area contributed by atoms with Gasteiger partial charge in [-0.05, 0) is 54.0 Å². The number of amides is 1. The average Bonchev–Trinajstić information content (AvgIpc) is 3.19. The minimum atomic E-state index is -0.714. The summed E-state index contributed by atoms with van der Waals surface area (Å²) in [6, 6.07) is 10.1. The quantitative estimate of drug-likeness (QED) is 0.435. The monoisotopic (exact) mass is 502 g/mol. The molecule has 1 aliphatic heterocycles. The van der Waals surface area contributed by atoms with Crippen molar-refractivity contribution in [2.24, 2.45) is 7.05 Å². The Bertz CT molecular complexity index is 1500. The number of pyridine rings is 2. The molecule has 1 aromatic carbocycles. The van der Waals surface area contributed by atoms with Crippen LogP contribution in [0.3, 0.4) is 0 Å². The molecule has 0 fully saturated rings. The van der Waals surface area contributed by atoms with Gasteiger partial charge in [0, 0.05) is 80.9 Å². The molecular formula is C28H28F2N6O. The zero-order chi connectivity index (χ0) is 26.3. The first kappa shape index (κ1) is 24.6. The number of carbonyl (C=O) groups excluding carboxylic acids is 1. The van der Waals surface area contributed by atoms with Crippen LogP contribution < -0.4 is 5.73 Å². The lowest BCUT2D eigenvalue weighted by atomic mass is 9.96. The lowest BCUT2D eigenvalue weighted by Crippen LogP contribution is -2.29. The average molecular weight is 503 g/mol. The number of fused-ring (bicyclic) bond motifs is 1. The zero-order valence-electron chi connectivity index (χ0n) is 21.0. The maximum absolute atomic E-state index is 14.8. The smallest absolute Gasteiger partial charge is 0.253 e. The second-order valence-corrected chi connectivity index (χ2v) is 9.49. The van der Waals surface area contributed by atoms with Crippen molar-refractivity contribution in [3.8, 4) is 11.1 Å². The highest BCUT2D eigenvalue weighted by Crippen LogP contribution is 2.32. The standard InChI is InChI=1S/C28H28F2N6O/c1-34(2)28(37)19-12-23(29)26(24(30)13-19)17-7-10-36(11-8-17)16-20-14-22-21(6-9-32-27(22)35(20)3)18-4-5-25(31)33-15-18/h4-7,9,12-15H,8,10-11,16H2,1-3H3,(H2,31,33). The van der Waals surface area contributed by atoms with E-state index in [4.69, 9.17) is 5.73 Å². The Morgan fingerprint density at radius 1 is 1.11 bits per heavy atom. The van der Waals surface area contributed by atoms with Crippen molar-refractivity contribution in [3.63, 3.8) is 0 Å². The van der Waals surface area contributed by atoms with Crippen LogP contribution in [0.1, 0.15) is 28.0 Å². The number of hydrogen-bond acceptors (Lipinski definition) is 5. The third-order valence-electron chi connectivity index (χ3n) is 6.82. The van der Waals surface area contributed by atoms with Crippen molar-refractivity contribution >= 4 is 28.3 Å². The fraction of sp³-hybridized carbons (Fsp3) is 0.250. The second kappa shape index (κ2) is 9.74. The molecule has 0 unspecified atom stereocenters. The minimum absolute atomic E-state index is 0.000269. The highest BCUT2D eigenvalue weighted by atomic mass is 19.1. The minimum Gasteiger partial charge on any atom is -0.384 e. The van der Waals surface area contributed by atoms with Gasteiger partial charge < -0.3 is 15.2 Å². The van der Waals surface area contributed by atoms with E-state index in [0.29, 0.717) is 37.4 Å². The molecule has 0 spiro atoms. The van der Waals surface area contributed by atoms with Gasteiger partial charge in [-0.25, -0.2) is 18.7 Å². The Hall–Kier alpha value is -4.11. The molecule has 0 radical (unpaired) electrons. The van der Waals surface area contributed by atoms with Gasteiger partial charge in [-0.3, -0.25) is 9.69 Å².